The predicted molar refractivity (Wildman–Crippen MR) is 117 cm³/mol. The minimum absolute atomic E-state index is 0.0151. The average Bonchev–Trinajstić information content (AvgIpc) is 3.20. The molecule has 10 heteroatoms. The van der Waals surface area contributed by atoms with E-state index in [2.05, 4.69) is 15.1 Å². The van der Waals surface area contributed by atoms with Crippen LogP contribution in [-0.4, -0.2) is 44.3 Å². The lowest BCUT2D eigenvalue weighted by Gasteiger charge is -2.26. The summed E-state index contributed by atoms with van der Waals surface area (Å²) in [5.41, 5.74) is -0.224. The van der Waals surface area contributed by atoms with Crippen LogP contribution in [0, 0.1) is 5.82 Å². The Bertz CT molecular complexity index is 1110. The molecule has 0 N–H and O–H groups in total. The highest BCUT2D eigenvalue weighted by Crippen LogP contribution is 2.30. The highest BCUT2D eigenvalue weighted by Gasteiger charge is 2.31. The van der Waals surface area contributed by atoms with Crippen LogP contribution >= 0.6 is 11.8 Å². The van der Waals surface area contributed by atoms with Crippen molar-refractivity contribution in [3.8, 4) is 5.69 Å². The number of likely N-dealkylation sites (tertiary alicyclic amines) is 1. The largest absolute Gasteiger partial charge is 0.416 e. The number of hydrogen-bond donors (Lipinski definition) is 0. The summed E-state index contributed by atoms with van der Waals surface area (Å²) >= 11 is 1.09. The number of thioether (sulfide) groups is 1. The second-order valence-electron chi connectivity index (χ2n) is 7.84. The Morgan fingerprint density at radius 2 is 1.73 bits per heavy atom. The van der Waals surface area contributed by atoms with Crippen LogP contribution in [-0.2, 0) is 12.7 Å². The molecule has 5 nitrogen and oxygen atoms in total. The molecule has 174 valence electrons. The molecule has 2 aromatic carbocycles. The first-order chi connectivity index (χ1) is 15.8. The van der Waals surface area contributed by atoms with E-state index in [-0.39, 0.29) is 17.1 Å². The molecule has 0 aliphatic carbocycles. The fourth-order valence-corrected chi connectivity index (χ4v) is 4.61. The van der Waals surface area contributed by atoms with Gasteiger partial charge in [-0.05, 0) is 62.3 Å². The van der Waals surface area contributed by atoms with Crippen LogP contribution < -0.4 is 0 Å². The SMILES string of the molecule is O=C(CSc1nnc(CN2CCCCC2)n1-c1ccc(F)cc1)c1cccc(C(F)(F)F)c1. The van der Waals surface area contributed by atoms with Crippen LogP contribution in [0.4, 0.5) is 17.6 Å². The Labute approximate surface area is 192 Å². The number of aromatic nitrogens is 3. The fraction of sp³-hybridized carbons (Fsp3) is 0.348. The quantitative estimate of drug-likeness (QED) is 0.259. The van der Waals surface area contributed by atoms with Gasteiger partial charge >= 0.3 is 6.18 Å². The van der Waals surface area contributed by atoms with E-state index < -0.39 is 17.5 Å². The van der Waals surface area contributed by atoms with Crippen LogP contribution in [0.3, 0.4) is 0 Å². The maximum Gasteiger partial charge on any atom is 0.416 e. The summed E-state index contributed by atoms with van der Waals surface area (Å²) in [7, 11) is 0. The van der Waals surface area contributed by atoms with Crippen molar-refractivity contribution in [2.24, 2.45) is 0 Å². The number of piperidine rings is 1. The molecule has 1 aromatic heterocycles. The van der Waals surface area contributed by atoms with Crippen molar-refractivity contribution in [3.05, 3.63) is 71.3 Å². The van der Waals surface area contributed by atoms with Crippen molar-refractivity contribution in [2.75, 3.05) is 18.8 Å². The molecular weight excluding hydrogens is 456 g/mol. The maximum atomic E-state index is 13.5. The summed E-state index contributed by atoms with van der Waals surface area (Å²) in [5, 5.41) is 8.95. The molecule has 33 heavy (non-hydrogen) atoms. The Hall–Kier alpha value is -2.72. The van der Waals surface area contributed by atoms with Gasteiger partial charge in [-0.15, -0.1) is 10.2 Å². The smallest absolute Gasteiger partial charge is 0.296 e. The predicted octanol–water partition coefficient (Wildman–Crippen LogP) is 5.39. The molecular formula is C23H22F4N4OS. The van der Waals surface area contributed by atoms with Gasteiger partial charge in [-0.1, -0.05) is 30.3 Å². The maximum absolute atomic E-state index is 13.5. The molecule has 0 unspecified atom stereocenters. The lowest BCUT2D eigenvalue weighted by molar-refractivity contribution is -0.137. The molecule has 2 heterocycles. The van der Waals surface area contributed by atoms with Crippen molar-refractivity contribution in [1.82, 2.24) is 19.7 Å². The Morgan fingerprint density at radius 3 is 2.42 bits per heavy atom. The zero-order valence-electron chi connectivity index (χ0n) is 17.7. The van der Waals surface area contributed by atoms with E-state index in [9.17, 15) is 22.4 Å². The highest BCUT2D eigenvalue weighted by molar-refractivity contribution is 7.99. The molecule has 0 amide bonds. The number of nitrogens with zero attached hydrogens (tertiary/aromatic N) is 4. The van der Waals surface area contributed by atoms with Crippen LogP contribution in [0.25, 0.3) is 5.69 Å². The lowest BCUT2D eigenvalue weighted by atomic mass is 10.1. The summed E-state index contributed by atoms with van der Waals surface area (Å²) in [5.74, 6) is -0.266. The Morgan fingerprint density at radius 1 is 1.00 bits per heavy atom. The standard InChI is InChI=1S/C23H22F4N4OS/c24-18-7-9-19(10-8-18)31-21(14-30-11-2-1-3-12-30)28-29-22(31)33-15-20(32)16-5-4-6-17(13-16)23(25,26)27/h4-10,13H,1-3,11-12,14-15H2. The Kier molecular flexibility index (Phi) is 7.14. The molecule has 0 saturated carbocycles. The fourth-order valence-electron chi connectivity index (χ4n) is 3.75. The van der Waals surface area contributed by atoms with Crippen molar-refractivity contribution in [1.29, 1.82) is 0 Å². The molecule has 1 fully saturated rings. The molecule has 1 aliphatic heterocycles. The number of benzene rings is 2. The number of rotatable bonds is 7. The van der Waals surface area contributed by atoms with Gasteiger partial charge in [-0.25, -0.2) is 4.39 Å². The van der Waals surface area contributed by atoms with E-state index in [1.807, 2.05) is 0 Å². The average molecular weight is 479 g/mol. The number of halogens is 4. The number of carbonyl (C=O) groups excluding carboxylic acids is 1. The summed E-state index contributed by atoms with van der Waals surface area (Å²) in [6.07, 6.45) is -1.11. The van der Waals surface area contributed by atoms with Crippen molar-refractivity contribution < 1.29 is 22.4 Å². The van der Waals surface area contributed by atoms with E-state index in [1.54, 1.807) is 16.7 Å². The van der Waals surface area contributed by atoms with Gasteiger partial charge in [0.2, 0.25) is 0 Å². The monoisotopic (exact) mass is 478 g/mol. The van der Waals surface area contributed by atoms with E-state index >= 15 is 0 Å². The first kappa shape index (κ1) is 23.4. The third kappa shape index (κ3) is 5.80. The summed E-state index contributed by atoms with van der Waals surface area (Å²) < 4.78 is 54.2. The van der Waals surface area contributed by atoms with Gasteiger partial charge in [-0.3, -0.25) is 14.3 Å². The van der Waals surface area contributed by atoms with Crippen LogP contribution in [0.2, 0.25) is 0 Å². The van der Waals surface area contributed by atoms with Crippen LogP contribution in [0.1, 0.15) is 41.0 Å². The van der Waals surface area contributed by atoms with E-state index in [4.69, 9.17) is 0 Å². The first-order valence-electron chi connectivity index (χ1n) is 10.6. The molecule has 1 aliphatic rings. The van der Waals surface area contributed by atoms with Gasteiger partial charge in [0.25, 0.3) is 0 Å². The van der Waals surface area contributed by atoms with Crippen LogP contribution in [0.5, 0.6) is 0 Å². The molecule has 1 saturated heterocycles. The lowest BCUT2D eigenvalue weighted by Crippen LogP contribution is -2.30. The third-order valence-corrected chi connectivity index (χ3v) is 6.37. The molecule has 0 bridgehead atoms. The summed E-state index contributed by atoms with van der Waals surface area (Å²) in [4.78, 5) is 14.9. The van der Waals surface area contributed by atoms with Crippen LogP contribution in [0.15, 0.2) is 53.7 Å². The van der Waals surface area contributed by atoms with E-state index in [1.165, 1.54) is 30.7 Å². The molecule has 3 aromatic rings. The first-order valence-corrected chi connectivity index (χ1v) is 11.6. The number of alkyl halides is 3. The van der Waals surface area contributed by atoms with Crippen molar-refractivity contribution in [3.63, 3.8) is 0 Å². The van der Waals surface area contributed by atoms with Gasteiger partial charge in [0.15, 0.2) is 16.8 Å². The number of hydrogen-bond acceptors (Lipinski definition) is 5. The summed E-state index contributed by atoms with van der Waals surface area (Å²) in [6.45, 7) is 2.46. The second-order valence-corrected chi connectivity index (χ2v) is 8.78. The Balaban J connectivity index is 1.55. The number of ketones is 1. The third-order valence-electron chi connectivity index (χ3n) is 5.44. The van der Waals surface area contributed by atoms with E-state index in [0.29, 0.717) is 23.2 Å². The van der Waals surface area contributed by atoms with Gasteiger partial charge in [0.1, 0.15) is 5.82 Å². The van der Waals surface area contributed by atoms with Gasteiger partial charge in [0.05, 0.1) is 17.9 Å². The number of Topliss-reactive ketones (excluding diaryl/α,β-unsaturated/α-hetero) is 1. The second kappa shape index (κ2) is 10.0. The van der Waals surface area contributed by atoms with Gasteiger partial charge in [0, 0.05) is 11.3 Å². The minimum atomic E-state index is -4.52. The topological polar surface area (TPSA) is 51.0 Å². The van der Waals surface area contributed by atoms with Gasteiger partial charge in [-0.2, -0.15) is 13.2 Å². The number of carbonyl (C=O) groups is 1. The van der Waals surface area contributed by atoms with Crippen molar-refractivity contribution in [2.45, 2.75) is 37.1 Å². The van der Waals surface area contributed by atoms with Gasteiger partial charge < -0.3 is 0 Å². The molecule has 0 atom stereocenters. The minimum Gasteiger partial charge on any atom is -0.296 e. The molecule has 4 rings (SSSR count). The zero-order chi connectivity index (χ0) is 23.4. The zero-order valence-corrected chi connectivity index (χ0v) is 18.5. The normalized spacial score (nSPS) is 15.0. The molecule has 0 spiro atoms. The molecule has 0 radical (unpaired) electrons. The summed E-state index contributed by atoms with van der Waals surface area (Å²) in [6, 6.07) is 10.3. The highest BCUT2D eigenvalue weighted by atomic mass is 32.2. The van der Waals surface area contributed by atoms with Crippen molar-refractivity contribution >= 4 is 17.5 Å². The van der Waals surface area contributed by atoms with E-state index in [0.717, 1.165) is 49.8 Å².